The largest absolute Gasteiger partial charge is 0.493 e. The number of rotatable bonds is 6. The highest BCUT2D eigenvalue weighted by Gasteiger charge is 2.25. The number of ether oxygens (including phenoxy) is 2. The molecule has 2 aromatic carbocycles. The van der Waals surface area contributed by atoms with Crippen molar-refractivity contribution in [3.05, 3.63) is 70.4 Å². The van der Waals surface area contributed by atoms with Crippen LogP contribution in [0.15, 0.2) is 42.5 Å². The number of aryl methyl sites for hydroxylation is 1. The number of fused-ring (bicyclic) bond motifs is 1. The van der Waals surface area contributed by atoms with Crippen molar-refractivity contribution < 1.29 is 14.3 Å². The second-order valence-electron chi connectivity index (χ2n) is 7.33. The van der Waals surface area contributed by atoms with Crippen LogP contribution in [0.25, 0.3) is 11.8 Å². The van der Waals surface area contributed by atoms with E-state index in [1.165, 1.54) is 11.6 Å². The first-order valence-electron chi connectivity index (χ1n) is 9.98. The van der Waals surface area contributed by atoms with Crippen LogP contribution < -0.4 is 14.8 Å². The molecule has 1 aromatic heterocycles. The van der Waals surface area contributed by atoms with Gasteiger partial charge >= 0.3 is 0 Å². The molecule has 0 aliphatic carbocycles. The average molecular weight is 436 g/mol. The van der Waals surface area contributed by atoms with Crippen LogP contribution in [0.3, 0.4) is 0 Å². The van der Waals surface area contributed by atoms with Gasteiger partial charge in [0.25, 0.3) is 0 Å². The summed E-state index contributed by atoms with van der Waals surface area (Å²) in [5.74, 6) is 3.51. The number of carbonyl (C=O) groups is 1. The predicted molar refractivity (Wildman–Crippen MR) is 125 cm³/mol. The summed E-state index contributed by atoms with van der Waals surface area (Å²) in [6, 6.07) is 11.7. The van der Waals surface area contributed by atoms with E-state index in [4.69, 9.17) is 14.6 Å². The highest BCUT2D eigenvalue weighted by Crippen LogP contribution is 2.37. The molecule has 31 heavy (non-hydrogen) atoms. The van der Waals surface area contributed by atoms with Crippen molar-refractivity contribution in [2.75, 3.05) is 19.5 Å². The summed E-state index contributed by atoms with van der Waals surface area (Å²) in [5.41, 5.74) is 6.29. The molecule has 7 heteroatoms. The first kappa shape index (κ1) is 21.1. The number of aromatic nitrogens is 2. The highest BCUT2D eigenvalue weighted by molar-refractivity contribution is 7.98. The standard InChI is InChI=1S/C24H25N3O3S/c1-15-6-5-7-20(16(15)2)27-24(18-13-31-14-19(18)26-27)25-23(28)11-9-17-8-10-21(29-3)22(12-17)30-4/h5-12H,13-14H2,1-4H3,(H,25,28)/b11-9+. The van der Waals surface area contributed by atoms with E-state index < -0.39 is 0 Å². The molecule has 1 amide bonds. The quantitative estimate of drug-likeness (QED) is 0.558. The predicted octanol–water partition coefficient (Wildman–Crippen LogP) is 4.91. The van der Waals surface area contributed by atoms with Gasteiger partial charge in [0.2, 0.25) is 5.91 Å². The van der Waals surface area contributed by atoms with Crippen LogP contribution in [0.4, 0.5) is 5.82 Å². The second kappa shape index (κ2) is 8.89. The summed E-state index contributed by atoms with van der Waals surface area (Å²) in [4.78, 5) is 12.8. The molecule has 2 heterocycles. The number of hydrogen-bond acceptors (Lipinski definition) is 5. The zero-order valence-electron chi connectivity index (χ0n) is 18.1. The molecule has 160 valence electrons. The van der Waals surface area contributed by atoms with Gasteiger partial charge in [-0.2, -0.15) is 16.9 Å². The van der Waals surface area contributed by atoms with Gasteiger partial charge in [-0.1, -0.05) is 18.2 Å². The maximum absolute atomic E-state index is 12.8. The molecule has 1 aliphatic heterocycles. The Balaban J connectivity index is 1.62. The molecule has 0 bridgehead atoms. The summed E-state index contributed by atoms with van der Waals surface area (Å²) < 4.78 is 12.5. The maximum atomic E-state index is 12.8. The molecular weight excluding hydrogens is 410 g/mol. The summed E-state index contributed by atoms with van der Waals surface area (Å²) in [6.45, 7) is 4.16. The van der Waals surface area contributed by atoms with Crippen molar-refractivity contribution in [2.24, 2.45) is 0 Å². The zero-order chi connectivity index (χ0) is 22.0. The number of nitrogens with one attached hydrogen (secondary N) is 1. The van der Waals surface area contributed by atoms with Crippen molar-refractivity contribution in [3.8, 4) is 17.2 Å². The lowest BCUT2D eigenvalue weighted by Crippen LogP contribution is -2.14. The molecule has 1 N–H and O–H groups in total. The third-order valence-electron chi connectivity index (χ3n) is 5.43. The fourth-order valence-corrected chi connectivity index (χ4v) is 4.60. The number of anilines is 1. The molecule has 0 saturated carbocycles. The first-order valence-corrected chi connectivity index (χ1v) is 11.1. The Hall–Kier alpha value is -3.19. The Labute approximate surface area is 186 Å². The van der Waals surface area contributed by atoms with Crippen LogP contribution in [-0.2, 0) is 16.3 Å². The third-order valence-corrected chi connectivity index (χ3v) is 6.40. The lowest BCUT2D eigenvalue weighted by atomic mass is 10.1. The smallest absolute Gasteiger partial charge is 0.249 e. The lowest BCUT2D eigenvalue weighted by molar-refractivity contribution is -0.111. The van der Waals surface area contributed by atoms with E-state index >= 15 is 0 Å². The molecule has 0 atom stereocenters. The van der Waals surface area contributed by atoms with Crippen molar-refractivity contribution in [3.63, 3.8) is 0 Å². The zero-order valence-corrected chi connectivity index (χ0v) is 18.9. The minimum absolute atomic E-state index is 0.207. The van der Waals surface area contributed by atoms with Crippen molar-refractivity contribution in [2.45, 2.75) is 25.4 Å². The number of carbonyl (C=O) groups excluding carboxylic acids is 1. The number of methoxy groups -OCH3 is 2. The molecule has 3 aromatic rings. The Kier molecular flexibility index (Phi) is 6.04. The van der Waals surface area contributed by atoms with Gasteiger partial charge in [0, 0.05) is 23.1 Å². The van der Waals surface area contributed by atoms with E-state index in [1.807, 2.05) is 46.8 Å². The Morgan fingerprint density at radius 1 is 1.13 bits per heavy atom. The van der Waals surface area contributed by atoms with Crippen LogP contribution in [0.2, 0.25) is 0 Å². The summed E-state index contributed by atoms with van der Waals surface area (Å²) in [5, 5.41) is 7.87. The van der Waals surface area contributed by atoms with E-state index in [9.17, 15) is 4.79 Å². The monoisotopic (exact) mass is 435 g/mol. The Morgan fingerprint density at radius 2 is 1.94 bits per heavy atom. The average Bonchev–Trinajstić information content (AvgIpc) is 3.36. The SMILES string of the molecule is COc1ccc(/C=C/C(=O)Nc2c3c(nn2-c2cccc(C)c2C)CSC3)cc1OC. The summed E-state index contributed by atoms with van der Waals surface area (Å²) >= 11 is 1.81. The van der Waals surface area contributed by atoms with Crippen LogP contribution in [0.1, 0.15) is 27.9 Å². The van der Waals surface area contributed by atoms with Gasteiger partial charge in [0.05, 0.1) is 25.6 Å². The van der Waals surface area contributed by atoms with E-state index in [1.54, 1.807) is 20.3 Å². The van der Waals surface area contributed by atoms with Gasteiger partial charge in [-0.15, -0.1) is 0 Å². The Bertz CT molecular complexity index is 1170. The topological polar surface area (TPSA) is 65.4 Å². The van der Waals surface area contributed by atoms with Gasteiger partial charge in [-0.25, -0.2) is 4.68 Å². The number of thioether (sulfide) groups is 1. The third kappa shape index (κ3) is 4.18. The van der Waals surface area contributed by atoms with E-state index in [0.29, 0.717) is 11.5 Å². The molecule has 0 unspecified atom stereocenters. The minimum atomic E-state index is -0.207. The number of amides is 1. The van der Waals surface area contributed by atoms with Gasteiger partial charge in [0.1, 0.15) is 5.82 Å². The van der Waals surface area contributed by atoms with Crippen LogP contribution in [0.5, 0.6) is 11.5 Å². The van der Waals surface area contributed by atoms with E-state index in [-0.39, 0.29) is 5.91 Å². The Morgan fingerprint density at radius 3 is 2.71 bits per heavy atom. The lowest BCUT2D eigenvalue weighted by Gasteiger charge is -2.13. The minimum Gasteiger partial charge on any atom is -0.493 e. The van der Waals surface area contributed by atoms with E-state index in [2.05, 4.69) is 25.2 Å². The molecule has 4 rings (SSSR count). The fourth-order valence-electron chi connectivity index (χ4n) is 3.57. The second-order valence-corrected chi connectivity index (χ2v) is 8.32. The molecule has 0 saturated heterocycles. The molecule has 0 fully saturated rings. The van der Waals surface area contributed by atoms with Gasteiger partial charge in [-0.3, -0.25) is 4.79 Å². The number of nitrogens with zero attached hydrogens (tertiary/aromatic N) is 2. The van der Waals surface area contributed by atoms with Crippen LogP contribution in [-0.4, -0.2) is 29.9 Å². The van der Waals surface area contributed by atoms with Gasteiger partial charge < -0.3 is 14.8 Å². The van der Waals surface area contributed by atoms with Crippen molar-refractivity contribution in [1.82, 2.24) is 9.78 Å². The fraction of sp³-hybridized carbons (Fsp3) is 0.250. The summed E-state index contributed by atoms with van der Waals surface area (Å²) in [6.07, 6.45) is 3.28. The number of hydrogen-bond donors (Lipinski definition) is 1. The maximum Gasteiger partial charge on any atom is 0.249 e. The highest BCUT2D eigenvalue weighted by atomic mass is 32.2. The molecule has 0 radical (unpaired) electrons. The number of benzene rings is 2. The normalized spacial score (nSPS) is 12.8. The molecule has 0 spiro atoms. The summed E-state index contributed by atoms with van der Waals surface area (Å²) in [7, 11) is 3.18. The van der Waals surface area contributed by atoms with Crippen molar-refractivity contribution in [1.29, 1.82) is 0 Å². The first-order chi connectivity index (χ1) is 15.0. The van der Waals surface area contributed by atoms with Crippen LogP contribution >= 0.6 is 11.8 Å². The van der Waals surface area contributed by atoms with Gasteiger partial charge in [-0.05, 0) is 54.8 Å². The van der Waals surface area contributed by atoms with E-state index in [0.717, 1.165) is 45.4 Å². The van der Waals surface area contributed by atoms with Crippen molar-refractivity contribution >= 4 is 29.6 Å². The molecular formula is C24H25N3O3S. The molecule has 1 aliphatic rings. The van der Waals surface area contributed by atoms with Gasteiger partial charge in [0.15, 0.2) is 11.5 Å². The molecule has 6 nitrogen and oxygen atoms in total. The van der Waals surface area contributed by atoms with Crippen LogP contribution in [0, 0.1) is 13.8 Å².